The van der Waals surface area contributed by atoms with Gasteiger partial charge >= 0.3 is 0 Å². The molecule has 22 heavy (non-hydrogen) atoms. The highest BCUT2D eigenvalue weighted by Gasteiger charge is 2.40. The Labute approximate surface area is 128 Å². The average molecular weight is 326 g/mol. The summed E-state index contributed by atoms with van der Waals surface area (Å²) in [4.78, 5) is 3.97. The van der Waals surface area contributed by atoms with Gasteiger partial charge in [-0.05, 0) is 0 Å². The number of aromatic nitrogens is 5. The zero-order valence-corrected chi connectivity index (χ0v) is 13.5. The van der Waals surface area contributed by atoms with Crippen LogP contribution in [0.2, 0.25) is 0 Å². The minimum Gasteiger partial charge on any atom is -0.383 e. The van der Waals surface area contributed by atoms with E-state index in [1.165, 1.54) is 23.9 Å². The summed E-state index contributed by atoms with van der Waals surface area (Å²) in [5.74, 6) is 0. The number of hydrogen-bond acceptors (Lipinski definition) is 6. The first-order chi connectivity index (χ1) is 10.4. The van der Waals surface area contributed by atoms with Crippen molar-refractivity contribution in [1.29, 1.82) is 0 Å². The van der Waals surface area contributed by atoms with Crippen molar-refractivity contribution in [2.24, 2.45) is 14.1 Å². The molecule has 3 rings (SSSR count). The first-order valence-corrected chi connectivity index (χ1v) is 8.26. The Bertz CT molecular complexity index is 781. The van der Waals surface area contributed by atoms with Crippen LogP contribution in [0.1, 0.15) is 17.4 Å². The second-order valence-corrected chi connectivity index (χ2v) is 7.10. The van der Waals surface area contributed by atoms with Gasteiger partial charge in [0.25, 0.3) is 10.0 Å². The molecule has 0 aromatic carbocycles. The zero-order chi connectivity index (χ0) is 15.9. The molecule has 120 valence electrons. The number of sulfonamides is 1. The van der Waals surface area contributed by atoms with Gasteiger partial charge in [0.05, 0.1) is 24.7 Å². The molecule has 1 aliphatic rings. The van der Waals surface area contributed by atoms with Gasteiger partial charge in [0.1, 0.15) is 5.69 Å². The van der Waals surface area contributed by atoms with Crippen molar-refractivity contribution < 1.29 is 13.2 Å². The van der Waals surface area contributed by atoms with Crippen molar-refractivity contribution >= 4 is 10.0 Å². The quantitative estimate of drug-likeness (QED) is 0.750. The summed E-state index contributed by atoms with van der Waals surface area (Å²) < 4.78 is 35.6. The lowest BCUT2D eigenvalue weighted by Gasteiger charge is -2.32. The molecule has 3 heterocycles. The first kappa shape index (κ1) is 15.1. The van der Waals surface area contributed by atoms with Crippen LogP contribution in [0.25, 0.3) is 0 Å². The Morgan fingerprint density at radius 2 is 2.18 bits per heavy atom. The fourth-order valence-electron chi connectivity index (χ4n) is 2.70. The van der Waals surface area contributed by atoms with E-state index in [2.05, 4.69) is 15.3 Å². The minimum atomic E-state index is -3.70. The van der Waals surface area contributed by atoms with Crippen LogP contribution < -0.4 is 0 Å². The Morgan fingerprint density at radius 1 is 1.41 bits per heavy atom. The molecule has 1 aliphatic heterocycles. The first-order valence-electron chi connectivity index (χ1n) is 6.82. The van der Waals surface area contributed by atoms with Crippen molar-refractivity contribution in [3.05, 3.63) is 23.9 Å². The molecule has 10 heteroatoms. The van der Waals surface area contributed by atoms with Crippen LogP contribution in [0.5, 0.6) is 0 Å². The predicted molar refractivity (Wildman–Crippen MR) is 76.4 cm³/mol. The number of rotatable bonds is 4. The highest BCUT2D eigenvalue weighted by atomic mass is 32.2. The molecule has 1 unspecified atom stereocenters. The van der Waals surface area contributed by atoms with E-state index in [1.54, 1.807) is 23.3 Å². The van der Waals surface area contributed by atoms with Crippen LogP contribution in [-0.2, 0) is 35.3 Å². The third kappa shape index (κ3) is 2.32. The number of methoxy groups -OCH3 is 1. The molecule has 1 atom stereocenters. The number of ether oxygens (including phenoxy) is 1. The summed E-state index contributed by atoms with van der Waals surface area (Å²) in [6.07, 6.45) is 3.52. The van der Waals surface area contributed by atoms with Crippen molar-refractivity contribution in [2.75, 3.05) is 20.3 Å². The van der Waals surface area contributed by atoms with E-state index >= 15 is 0 Å². The highest BCUT2D eigenvalue weighted by Crippen LogP contribution is 2.32. The lowest BCUT2D eigenvalue weighted by Crippen LogP contribution is -2.42. The second kappa shape index (κ2) is 5.45. The Kier molecular flexibility index (Phi) is 3.75. The molecular weight excluding hydrogens is 308 g/mol. The fraction of sp³-hybridized carbons (Fsp3) is 0.583. The van der Waals surface area contributed by atoms with Gasteiger partial charge in [-0.2, -0.15) is 4.31 Å². The molecule has 0 saturated carbocycles. The topological polar surface area (TPSA) is 95.1 Å². The van der Waals surface area contributed by atoms with E-state index in [0.29, 0.717) is 18.7 Å². The fourth-order valence-corrected chi connectivity index (χ4v) is 4.25. The minimum absolute atomic E-state index is 0.0310. The summed E-state index contributed by atoms with van der Waals surface area (Å²) in [7, 11) is 1.37. The summed E-state index contributed by atoms with van der Waals surface area (Å²) in [6, 6.07) is -0.491. The standard InChI is InChI=1S/C12H18N6O3S/c1-16-6-11(13-8-16)22(19,20)18-5-4-9-12(10(18)7-21-3)14-15-17(9)2/h6,8,10H,4-5,7H2,1-3H3. The van der Waals surface area contributed by atoms with Gasteiger partial charge in [-0.25, -0.2) is 13.4 Å². The summed E-state index contributed by atoms with van der Waals surface area (Å²) >= 11 is 0. The van der Waals surface area contributed by atoms with Crippen LogP contribution in [-0.4, -0.2) is 57.5 Å². The smallest absolute Gasteiger partial charge is 0.262 e. The molecule has 0 fully saturated rings. The number of aryl methyl sites for hydroxylation is 2. The van der Waals surface area contributed by atoms with Crippen molar-refractivity contribution in [3.63, 3.8) is 0 Å². The highest BCUT2D eigenvalue weighted by molar-refractivity contribution is 7.89. The maximum atomic E-state index is 12.8. The molecule has 0 spiro atoms. The number of nitrogens with zero attached hydrogens (tertiary/aromatic N) is 6. The van der Waals surface area contributed by atoms with Crippen molar-refractivity contribution in [2.45, 2.75) is 17.5 Å². The van der Waals surface area contributed by atoms with Crippen LogP contribution >= 0.6 is 0 Å². The van der Waals surface area contributed by atoms with Crippen LogP contribution in [0, 0.1) is 0 Å². The van der Waals surface area contributed by atoms with Crippen molar-refractivity contribution in [1.82, 2.24) is 28.9 Å². The Hall–Kier alpha value is -1.78. The van der Waals surface area contributed by atoms with E-state index in [-0.39, 0.29) is 11.6 Å². The van der Waals surface area contributed by atoms with E-state index in [0.717, 1.165) is 5.69 Å². The molecule has 0 amide bonds. The van der Waals surface area contributed by atoms with Crippen LogP contribution in [0.3, 0.4) is 0 Å². The SMILES string of the molecule is COCC1c2nnn(C)c2CCN1S(=O)(=O)c1cn(C)cn1. The normalized spacial score (nSPS) is 19.3. The van der Waals surface area contributed by atoms with Crippen LogP contribution in [0.15, 0.2) is 17.6 Å². The van der Waals surface area contributed by atoms with E-state index in [1.807, 2.05) is 0 Å². The van der Waals surface area contributed by atoms with Crippen molar-refractivity contribution in [3.8, 4) is 0 Å². The monoisotopic (exact) mass is 326 g/mol. The lowest BCUT2D eigenvalue weighted by atomic mass is 10.1. The largest absolute Gasteiger partial charge is 0.383 e. The van der Waals surface area contributed by atoms with E-state index in [4.69, 9.17) is 4.74 Å². The predicted octanol–water partition coefficient (Wildman–Crippen LogP) is -0.517. The molecule has 2 aromatic rings. The lowest BCUT2D eigenvalue weighted by molar-refractivity contribution is 0.125. The van der Waals surface area contributed by atoms with Crippen LogP contribution in [0.4, 0.5) is 0 Å². The molecule has 0 N–H and O–H groups in total. The molecule has 0 bridgehead atoms. The summed E-state index contributed by atoms with van der Waals surface area (Å²) in [5, 5.41) is 8.15. The molecule has 0 aliphatic carbocycles. The number of imidazole rings is 1. The molecule has 0 saturated heterocycles. The molecular formula is C12H18N6O3S. The molecule has 9 nitrogen and oxygen atoms in total. The third-order valence-electron chi connectivity index (χ3n) is 3.78. The van der Waals surface area contributed by atoms with Gasteiger partial charge in [0, 0.05) is 40.4 Å². The maximum absolute atomic E-state index is 12.8. The van der Waals surface area contributed by atoms with Gasteiger partial charge in [0.15, 0.2) is 5.03 Å². The molecule has 2 aromatic heterocycles. The number of hydrogen-bond donors (Lipinski definition) is 0. The van der Waals surface area contributed by atoms with Gasteiger partial charge in [-0.1, -0.05) is 5.21 Å². The second-order valence-electron chi connectivity index (χ2n) is 5.26. The van der Waals surface area contributed by atoms with Gasteiger partial charge in [-0.3, -0.25) is 4.68 Å². The maximum Gasteiger partial charge on any atom is 0.262 e. The number of fused-ring (bicyclic) bond motifs is 1. The van der Waals surface area contributed by atoms with E-state index < -0.39 is 16.1 Å². The Balaban J connectivity index is 2.03. The summed E-state index contributed by atoms with van der Waals surface area (Å²) in [6.45, 7) is 0.568. The summed E-state index contributed by atoms with van der Waals surface area (Å²) in [5.41, 5.74) is 1.59. The Morgan fingerprint density at radius 3 is 2.82 bits per heavy atom. The third-order valence-corrected chi connectivity index (χ3v) is 5.58. The molecule has 0 radical (unpaired) electrons. The zero-order valence-electron chi connectivity index (χ0n) is 12.7. The van der Waals surface area contributed by atoms with Gasteiger partial charge in [0.2, 0.25) is 0 Å². The van der Waals surface area contributed by atoms with Gasteiger partial charge < -0.3 is 9.30 Å². The van der Waals surface area contributed by atoms with E-state index in [9.17, 15) is 8.42 Å². The average Bonchev–Trinajstić information content (AvgIpc) is 3.07. The van der Waals surface area contributed by atoms with Gasteiger partial charge in [-0.15, -0.1) is 5.10 Å².